The van der Waals surface area contributed by atoms with E-state index in [1.165, 1.54) is 44.3 Å². The Morgan fingerprint density at radius 2 is 2.21 bits per heavy atom. The van der Waals surface area contributed by atoms with E-state index in [2.05, 4.69) is 39.9 Å². The smallest absolute Gasteiger partial charge is 0.0949 e. The minimum Gasteiger partial charge on any atom is -0.332 e. The lowest BCUT2D eigenvalue weighted by molar-refractivity contribution is 0.271. The molecule has 1 aromatic rings. The molecule has 0 radical (unpaired) electrons. The molecule has 0 aliphatic carbocycles. The number of likely N-dealkylation sites (tertiary alicyclic amines) is 1. The molecule has 4 nitrogen and oxygen atoms in total. The average molecular weight is 262 g/mol. The van der Waals surface area contributed by atoms with E-state index < -0.39 is 0 Å². The number of rotatable bonds is 3. The van der Waals surface area contributed by atoms with Gasteiger partial charge in [-0.25, -0.2) is 4.98 Å². The fraction of sp³-hybridized carbons (Fsp3) is 0.800. The molecule has 1 N–H and O–H groups in total. The SMILES string of the molecule is CC1CCCC(c2cncn2CC2CCCN2C)N1. The van der Waals surface area contributed by atoms with Crippen molar-refractivity contribution in [2.75, 3.05) is 13.6 Å². The predicted octanol–water partition coefficient (Wildman–Crippen LogP) is 2.18. The van der Waals surface area contributed by atoms with Gasteiger partial charge in [0.2, 0.25) is 0 Å². The first-order valence-corrected chi connectivity index (χ1v) is 7.70. The van der Waals surface area contributed by atoms with Gasteiger partial charge in [0.15, 0.2) is 0 Å². The topological polar surface area (TPSA) is 33.1 Å². The molecule has 106 valence electrons. The summed E-state index contributed by atoms with van der Waals surface area (Å²) >= 11 is 0. The van der Waals surface area contributed by atoms with Crippen LogP contribution in [-0.2, 0) is 6.54 Å². The number of nitrogens with one attached hydrogen (secondary N) is 1. The summed E-state index contributed by atoms with van der Waals surface area (Å²) in [5.74, 6) is 0. The summed E-state index contributed by atoms with van der Waals surface area (Å²) in [7, 11) is 2.25. The molecule has 1 aromatic heterocycles. The van der Waals surface area contributed by atoms with Crippen molar-refractivity contribution in [2.45, 2.75) is 63.7 Å². The van der Waals surface area contributed by atoms with Crippen LogP contribution in [-0.4, -0.2) is 40.1 Å². The number of piperidine rings is 1. The van der Waals surface area contributed by atoms with Crippen molar-refractivity contribution in [2.24, 2.45) is 0 Å². The quantitative estimate of drug-likeness (QED) is 0.906. The van der Waals surface area contributed by atoms with Crippen molar-refractivity contribution in [1.29, 1.82) is 0 Å². The van der Waals surface area contributed by atoms with E-state index in [-0.39, 0.29) is 0 Å². The monoisotopic (exact) mass is 262 g/mol. The third kappa shape index (κ3) is 2.84. The first-order valence-electron chi connectivity index (χ1n) is 7.70. The van der Waals surface area contributed by atoms with Gasteiger partial charge < -0.3 is 14.8 Å². The van der Waals surface area contributed by atoms with Crippen LogP contribution in [0, 0.1) is 0 Å². The molecule has 19 heavy (non-hydrogen) atoms. The van der Waals surface area contributed by atoms with E-state index >= 15 is 0 Å². The van der Waals surface area contributed by atoms with Gasteiger partial charge in [0.05, 0.1) is 12.0 Å². The zero-order chi connectivity index (χ0) is 13.2. The fourth-order valence-electron chi connectivity index (χ4n) is 3.58. The highest BCUT2D eigenvalue weighted by molar-refractivity contribution is 5.07. The minimum absolute atomic E-state index is 0.498. The van der Waals surface area contributed by atoms with Crippen LogP contribution in [0.2, 0.25) is 0 Å². The van der Waals surface area contributed by atoms with Crippen LogP contribution in [0.15, 0.2) is 12.5 Å². The summed E-state index contributed by atoms with van der Waals surface area (Å²) in [6.45, 7) is 4.63. The lowest BCUT2D eigenvalue weighted by Crippen LogP contribution is -2.36. The Kier molecular flexibility index (Phi) is 3.89. The van der Waals surface area contributed by atoms with Gasteiger partial charge in [-0.15, -0.1) is 0 Å². The summed E-state index contributed by atoms with van der Waals surface area (Å²) < 4.78 is 2.38. The average Bonchev–Trinajstić information content (AvgIpc) is 3.00. The maximum absolute atomic E-state index is 4.39. The van der Waals surface area contributed by atoms with E-state index in [0.717, 1.165) is 6.54 Å². The van der Waals surface area contributed by atoms with Gasteiger partial charge in [-0.1, -0.05) is 0 Å². The van der Waals surface area contributed by atoms with Crippen LogP contribution in [0.1, 0.15) is 50.8 Å². The van der Waals surface area contributed by atoms with Crippen molar-refractivity contribution >= 4 is 0 Å². The lowest BCUT2D eigenvalue weighted by Gasteiger charge is -2.30. The number of aromatic nitrogens is 2. The molecule has 3 unspecified atom stereocenters. The third-order valence-electron chi connectivity index (χ3n) is 4.80. The Hall–Kier alpha value is -0.870. The van der Waals surface area contributed by atoms with Crippen molar-refractivity contribution < 1.29 is 0 Å². The zero-order valence-corrected chi connectivity index (χ0v) is 12.2. The van der Waals surface area contributed by atoms with E-state index in [1.807, 2.05) is 6.33 Å². The zero-order valence-electron chi connectivity index (χ0n) is 12.2. The van der Waals surface area contributed by atoms with Crippen molar-refractivity contribution in [3.63, 3.8) is 0 Å². The van der Waals surface area contributed by atoms with Crippen LogP contribution in [0.25, 0.3) is 0 Å². The van der Waals surface area contributed by atoms with Gasteiger partial charge >= 0.3 is 0 Å². The van der Waals surface area contributed by atoms with Gasteiger partial charge in [-0.3, -0.25) is 0 Å². The summed E-state index contributed by atoms with van der Waals surface area (Å²) in [6, 6.07) is 1.82. The molecule has 0 aromatic carbocycles. The first-order chi connectivity index (χ1) is 9.24. The van der Waals surface area contributed by atoms with Crippen LogP contribution >= 0.6 is 0 Å². The van der Waals surface area contributed by atoms with Gasteiger partial charge in [-0.2, -0.15) is 0 Å². The van der Waals surface area contributed by atoms with Crippen LogP contribution in [0.3, 0.4) is 0 Å². The molecule has 3 rings (SSSR count). The standard InChI is InChI=1S/C15H26N4/c1-12-5-3-7-14(17-12)15-9-16-11-19(15)10-13-6-4-8-18(13)2/h9,11-14,17H,3-8,10H2,1-2H3. The summed E-state index contributed by atoms with van der Waals surface area (Å²) in [4.78, 5) is 6.88. The Labute approximate surface area is 116 Å². The van der Waals surface area contributed by atoms with Crippen LogP contribution in [0.5, 0.6) is 0 Å². The van der Waals surface area contributed by atoms with Gasteiger partial charge in [0.25, 0.3) is 0 Å². The first kappa shape index (κ1) is 13.1. The third-order valence-corrected chi connectivity index (χ3v) is 4.80. The van der Waals surface area contributed by atoms with E-state index in [1.54, 1.807) is 0 Å². The second-order valence-corrected chi connectivity index (χ2v) is 6.30. The van der Waals surface area contributed by atoms with Gasteiger partial charge in [0, 0.05) is 30.9 Å². The van der Waals surface area contributed by atoms with E-state index in [4.69, 9.17) is 0 Å². The Balaban J connectivity index is 1.71. The largest absolute Gasteiger partial charge is 0.332 e. The lowest BCUT2D eigenvalue weighted by atomic mass is 9.97. The van der Waals surface area contributed by atoms with E-state index in [0.29, 0.717) is 18.1 Å². The highest BCUT2D eigenvalue weighted by atomic mass is 15.2. The molecule has 2 saturated heterocycles. The second-order valence-electron chi connectivity index (χ2n) is 6.30. The molecule has 0 amide bonds. The second kappa shape index (κ2) is 5.63. The highest BCUT2D eigenvalue weighted by Crippen LogP contribution is 2.26. The minimum atomic E-state index is 0.498. The molecule has 2 fully saturated rings. The molecule has 0 spiro atoms. The van der Waals surface area contributed by atoms with Crippen molar-refractivity contribution in [3.05, 3.63) is 18.2 Å². The number of likely N-dealkylation sites (N-methyl/N-ethyl adjacent to an activating group) is 1. The Morgan fingerprint density at radius 3 is 2.95 bits per heavy atom. The molecule has 2 aliphatic rings. The Morgan fingerprint density at radius 1 is 1.32 bits per heavy atom. The summed E-state index contributed by atoms with van der Waals surface area (Å²) in [5, 5.41) is 3.72. The number of hydrogen-bond acceptors (Lipinski definition) is 3. The number of hydrogen-bond donors (Lipinski definition) is 1. The number of nitrogens with zero attached hydrogens (tertiary/aromatic N) is 3. The molecule has 0 bridgehead atoms. The fourth-order valence-corrected chi connectivity index (χ4v) is 3.58. The Bertz CT molecular complexity index is 414. The van der Waals surface area contributed by atoms with Crippen molar-refractivity contribution in [3.8, 4) is 0 Å². The maximum atomic E-state index is 4.39. The van der Waals surface area contributed by atoms with Crippen LogP contribution in [0.4, 0.5) is 0 Å². The summed E-state index contributed by atoms with van der Waals surface area (Å²) in [6.07, 6.45) is 10.6. The summed E-state index contributed by atoms with van der Waals surface area (Å²) in [5.41, 5.74) is 1.38. The highest BCUT2D eigenvalue weighted by Gasteiger charge is 2.25. The molecule has 2 aliphatic heterocycles. The molecule has 3 heterocycles. The molecule has 0 saturated carbocycles. The molecule has 3 atom stereocenters. The van der Waals surface area contributed by atoms with Gasteiger partial charge in [0.1, 0.15) is 0 Å². The van der Waals surface area contributed by atoms with Crippen LogP contribution < -0.4 is 5.32 Å². The molecular formula is C15H26N4. The predicted molar refractivity (Wildman–Crippen MR) is 77.1 cm³/mol. The van der Waals surface area contributed by atoms with Crippen molar-refractivity contribution in [1.82, 2.24) is 19.8 Å². The van der Waals surface area contributed by atoms with Gasteiger partial charge in [-0.05, 0) is 52.6 Å². The van der Waals surface area contributed by atoms with E-state index in [9.17, 15) is 0 Å². The normalized spacial score (nSPS) is 32.8. The molecule has 4 heteroatoms. The molecular weight excluding hydrogens is 236 g/mol. The maximum Gasteiger partial charge on any atom is 0.0949 e. The number of imidazole rings is 1.